The van der Waals surface area contributed by atoms with Crippen molar-refractivity contribution in [2.75, 3.05) is 33.7 Å². The van der Waals surface area contributed by atoms with Crippen LogP contribution in [0.5, 0.6) is 0 Å². The summed E-state index contributed by atoms with van der Waals surface area (Å²) >= 11 is 0. The first-order valence-corrected chi connectivity index (χ1v) is 5.11. The number of carboxylic acid groups (broad SMARTS) is 1. The van der Waals surface area contributed by atoms with E-state index < -0.39 is 6.09 Å². The van der Waals surface area contributed by atoms with Gasteiger partial charge in [-0.25, -0.2) is 4.79 Å². The summed E-state index contributed by atoms with van der Waals surface area (Å²) in [6.45, 7) is 5.24. The Morgan fingerprint density at radius 2 is 1.81 bits per heavy atom. The molecule has 6 heteroatoms. The van der Waals surface area contributed by atoms with Gasteiger partial charge < -0.3 is 20.6 Å². The third-order valence-corrected chi connectivity index (χ3v) is 1.91. The van der Waals surface area contributed by atoms with Crippen LogP contribution in [0.2, 0.25) is 0 Å². The average Bonchev–Trinajstić information content (AvgIpc) is 2.09. The van der Waals surface area contributed by atoms with E-state index in [9.17, 15) is 9.59 Å². The minimum absolute atomic E-state index is 0.0393. The molecule has 0 bridgehead atoms. The van der Waals surface area contributed by atoms with Crippen LogP contribution in [0.15, 0.2) is 0 Å². The highest BCUT2D eigenvalue weighted by molar-refractivity contribution is 5.81. The fourth-order valence-electron chi connectivity index (χ4n) is 1.47. The largest absolute Gasteiger partial charge is 0.465 e. The lowest BCUT2D eigenvalue weighted by Crippen LogP contribution is -2.43. The zero-order chi connectivity index (χ0) is 12.8. The second-order valence-electron chi connectivity index (χ2n) is 4.84. The zero-order valence-electron chi connectivity index (χ0n) is 10.3. The number of nitrogens with zero attached hydrogens (tertiary/aromatic N) is 1. The number of rotatable bonds is 6. The van der Waals surface area contributed by atoms with Crippen molar-refractivity contribution in [1.29, 1.82) is 0 Å². The fraction of sp³-hybridized carbons (Fsp3) is 0.800. The van der Waals surface area contributed by atoms with E-state index in [0.717, 1.165) is 6.54 Å². The first kappa shape index (κ1) is 14.7. The summed E-state index contributed by atoms with van der Waals surface area (Å²) in [5.74, 6) is -0.311. The van der Waals surface area contributed by atoms with Crippen LogP contribution in [0.25, 0.3) is 0 Å². The van der Waals surface area contributed by atoms with Gasteiger partial charge in [-0.1, -0.05) is 13.8 Å². The van der Waals surface area contributed by atoms with Gasteiger partial charge in [0.15, 0.2) is 0 Å². The van der Waals surface area contributed by atoms with Crippen molar-refractivity contribution >= 4 is 12.0 Å². The Bertz CT molecular complexity index is 252. The summed E-state index contributed by atoms with van der Waals surface area (Å²) < 4.78 is 0. The summed E-state index contributed by atoms with van der Waals surface area (Å²) in [5, 5.41) is 13.0. The van der Waals surface area contributed by atoms with Gasteiger partial charge in [-0.05, 0) is 19.5 Å². The van der Waals surface area contributed by atoms with Gasteiger partial charge in [-0.3, -0.25) is 4.79 Å². The minimum atomic E-state index is -1.19. The molecule has 0 spiro atoms. The van der Waals surface area contributed by atoms with Crippen LogP contribution in [0, 0.1) is 5.41 Å². The van der Waals surface area contributed by atoms with Crippen molar-refractivity contribution in [3.63, 3.8) is 0 Å². The Morgan fingerprint density at radius 3 is 2.25 bits per heavy atom. The van der Waals surface area contributed by atoms with Gasteiger partial charge in [0.25, 0.3) is 0 Å². The molecule has 0 aromatic heterocycles. The van der Waals surface area contributed by atoms with Gasteiger partial charge in [-0.15, -0.1) is 0 Å². The van der Waals surface area contributed by atoms with Crippen LogP contribution >= 0.6 is 0 Å². The SMILES string of the molecule is CN(C)CC(C)(C)CNC(=O)CNC(=O)O. The molecule has 0 radical (unpaired) electrons. The highest BCUT2D eigenvalue weighted by atomic mass is 16.4. The van der Waals surface area contributed by atoms with Gasteiger partial charge in [0.05, 0.1) is 6.54 Å². The van der Waals surface area contributed by atoms with E-state index in [1.165, 1.54) is 0 Å². The van der Waals surface area contributed by atoms with Crippen molar-refractivity contribution in [3.05, 3.63) is 0 Å². The Balaban J connectivity index is 3.85. The summed E-state index contributed by atoms with van der Waals surface area (Å²) in [4.78, 5) is 23.4. The molecule has 16 heavy (non-hydrogen) atoms. The van der Waals surface area contributed by atoms with E-state index in [1.807, 2.05) is 38.2 Å². The normalized spacial score (nSPS) is 11.3. The quantitative estimate of drug-likeness (QED) is 0.599. The van der Waals surface area contributed by atoms with E-state index in [1.54, 1.807) is 0 Å². The van der Waals surface area contributed by atoms with Gasteiger partial charge in [0.1, 0.15) is 0 Å². The predicted molar refractivity (Wildman–Crippen MR) is 61.4 cm³/mol. The Hall–Kier alpha value is -1.30. The molecular formula is C10H21N3O3. The van der Waals surface area contributed by atoms with Crippen LogP contribution in [0.4, 0.5) is 4.79 Å². The van der Waals surface area contributed by atoms with Crippen LogP contribution in [0.1, 0.15) is 13.8 Å². The van der Waals surface area contributed by atoms with E-state index >= 15 is 0 Å². The van der Waals surface area contributed by atoms with Crippen LogP contribution in [-0.2, 0) is 4.79 Å². The molecule has 0 atom stereocenters. The summed E-state index contributed by atoms with van der Waals surface area (Å²) in [5.41, 5.74) is -0.0393. The smallest absolute Gasteiger partial charge is 0.405 e. The lowest BCUT2D eigenvalue weighted by molar-refractivity contribution is -0.120. The van der Waals surface area contributed by atoms with Crippen molar-refractivity contribution in [2.24, 2.45) is 5.41 Å². The third-order valence-electron chi connectivity index (χ3n) is 1.91. The van der Waals surface area contributed by atoms with E-state index in [2.05, 4.69) is 5.32 Å². The fourth-order valence-corrected chi connectivity index (χ4v) is 1.47. The molecule has 0 aromatic carbocycles. The molecule has 0 saturated heterocycles. The maximum Gasteiger partial charge on any atom is 0.405 e. The second-order valence-corrected chi connectivity index (χ2v) is 4.84. The molecule has 0 heterocycles. The highest BCUT2D eigenvalue weighted by Crippen LogP contribution is 2.13. The Kier molecular flexibility index (Phi) is 5.81. The number of amides is 2. The molecule has 2 amide bonds. The Morgan fingerprint density at radius 1 is 1.25 bits per heavy atom. The molecule has 3 N–H and O–H groups in total. The number of hydrogen-bond donors (Lipinski definition) is 3. The monoisotopic (exact) mass is 231 g/mol. The highest BCUT2D eigenvalue weighted by Gasteiger charge is 2.19. The van der Waals surface area contributed by atoms with Crippen LogP contribution < -0.4 is 10.6 Å². The molecule has 0 aliphatic heterocycles. The topological polar surface area (TPSA) is 81.7 Å². The molecule has 94 valence electrons. The first-order chi connectivity index (χ1) is 7.23. The predicted octanol–water partition coefficient (Wildman–Crippen LogP) is -0.0420. The average molecular weight is 231 g/mol. The van der Waals surface area contributed by atoms with E-state index in [0.29, 0.717) is 6.54 Å². The molecule has 0 unspecified atom stereocenters. The number of nitrogens with one attached hydrogen (secondary N) is 2. The molecule has 0 rings (SSSR count). The second kappa shape index (κ2) is 6.32. The number of hydrogen-bond acceptors (Lipinski definition) is 3. The summed E-state index contributed by atoms with van der Waals surface area (Å²) in [7, 11) is 3.94. The van der Waals surface area contributed by atoms with E-state index in [-0.39, 0.29) is 17.9 Å². The molecule has 6 nitrogen and oxygen atoms in total. The molecule has 0 aliphatic rings. The maximum absolute atomic E-state index is 11.2. The van der Waals surface area contributed by atoms with Gasteiger partial charge in [0.2, 0.25) is 5.91 Å². The molecule has 0 fully saturated rings. The molecule has 0 saturated carbocycles. The van der Waals surface area contributed by atoms with Gasteiger partial charge in [-0.2, -0.15) is 0 Å². The van der Waals surface area contributed by atoms with Crippen molar-refractivity contribution < 1.29 is 14.7 Å². The molecule has 0 aliphatic carbocycles. The molecule has 0 aromatic rings. The standard InChI is InChI=1S/C10H21N3O3/c1-10(2,7-13(3)4)6-12-8(14)5-11-9(15)16/h11H,5-7H2,1-4H3,(H,12,14)(H,15,16). The lowest BCUT2D eigenvalue weighted by Gasteiger charge is -2.28. The van der Waals surface area contributed by atoms with Crippen LogP contribution in [0.3, 0.4) is 0 Å². The van der Waals surface area contributed by atoms with Gasteiger partial charge in [0, 0.05) is 13.1 Å². The maximum atomic E-state index is 11.2. The lowest BCUT2D eigenvalue weighted by atomic mass is 9.93. The number of carbonyl (C=O) groups is 2. The van der Waals surface area contributed by atoms with Crippen molar-refractivity contribution in [1.82, 2.24) is 15.5 Å². The Labute approximate surface area is 96.0 Å². The first-order valence-electron chi connectivity index (χ1n) is 5.11. The third kappa shape index (κ3) is 8.05. The number of carbonyl (C=O) groups excluding carboxylic acids is 1. The zero-order valence-corrected chi connectivity index (χ0v) is 10.3. The summed E-state index contributed by atoms with van der Waals surface area (Å²) in [6.07, 6.45) is -1.19. The van der Waals surface area contributed by atoms with Crippen LogP contribution in [-0.4, -0.2) is 55.7 Å². The van der Waals surface area contributed by atoms with Gasteiger partial charge >= 0.3 is 6.09 Å². The van der Waals surface area contributed by atoms with Crippen molar-refractivity contribution in [3.8, 4) is 0 Å². The van der Waals surface area contributed by atoms with E-state index in [4.69, 9.17) is 5.11 Å². The minimum Gasteiger partial charge on any atom is -0.465 e. The molecular weight excluding hydrogens is 210 g/mol. The summed E-state index contributed by atoms with van der Waals surface area (Å²) in [6, 6.07) is 0. The van der Waals surface area contributed by atoms with Crippen molar-refractivity contribution in [2.45, 2.75) is 13.8 Å².